The number of hydrogen-bond acceptors (Lipinski definition) is 4. The fourth-order valence-corrected chi connectivity index (χ4v) is 4.39. The Morgan fingerprint density at radius 3 is 2.26 bits per heavy atom. The molecule has 0 spiro atoms. The standard InChI is InChI=1S/C25H34N2O4/c1-17(2)16-22(27-24(29)20-12-7-8-13-21(20)25(27)30)23(28)26-14-9-15-31-18(3)19-10-5-4-6-11-19/h4-8,10-11,17-18,20-22H,9,12-16H2,1-3H3,(H,26,28). The molecule has 1 aliphatic heterocycles. The minimum absolute atomic E-state index is 0.0117. The van der Waals surface area contributed by atoms with E-state index in [0.717, 1.165) is 5.56 Å². The fraction of sp³-hybridized carbons (Fsp3) is 0.560. The number of carbonyl (C=O) groups is 3. The van der Waals surface area contributed by atoms with E-state index in [1.807, 2.05) is 63.3 Å². The Labute approximate surface area is 185 Å². The fourth-order valence-electron chi connectivity index (χ4n) is 4.39. The van der Waals surface area contributed by atoms with Crippen molar-refractivity contribution < 1.29 is 19.1 Å². The van der Waals surface area contributed by atoms with Crippen LogP contribution in [0.25, 0.3) is 0 Å². The molecule has 1 aromatic carbocycles. The van der Waals surface area contributed by atoms with Gasteiger partial charge in [-0.3, -0.25) is 19.3 Å². The summed E-state index contributed by atoms with van der Waals surface area (Å²) in [6.45, 7) is 6.96. The first kappa shape index (κ1) is 23.2. The van der Waals surface area contributed by atoms with Crippen molar-refractivity contribution in [3.8, 4) is 0 Å². The van der Waals surface area contributed by atoms with Gasteiger partial charge in [0, 0.05) is 13.2 Å². The highest BCUT2D eigenvalue weighted by atomic mass is 16.5. The molecule has 6 heteroatoms. The molecule has 1 saturated heterocycles. The first-order chi connectivity index (χ1) is 14.9. The Morgan fingerprint density at radius 2 is 1.68 bits per heavy atom. The largest absolute Gasteiger partial charge is 0.374 e. The minimum Gasteiger partial charge on any atom is -0.374 e. The molecule has 1 fully saturated rings. The van der Waals surface area contributed by atoms with Crippen LogP contribution in [-0.4, -0.2) is 41.8 Å². The number of hydrogen-bond donors (Lipinski definition) is 1. The molecular formula is C25H34N2O4. The van der Waals surface area contributed by atoms with E-state index in [2.05, 4.69) is 5.32 Å². The quantitative estimate of drug-likeness (QED) is 0.352. The molecule has 4 unspecified atom stereocenters. The van der Waals surface area contributed by atoms with Crippen LogP contribution < -0.4 is 5.32 Å². The number of benzene rings is 1. The normalized spacial score (nSPS) is 22.5. The van der Waals surface area contributed by atoms with E-state index in [4.69, 9.17) is 4.74 Å². The molecule has 6 nitrogen and oxygen atoms in total. The van der Waals surface area contributed by atoms with Crippen molar-refractivity contribution in [1.82, 2.24) is 10.2 Å². The van der Waals surface area contributed by atoms with Gasteiger partial charge in [0.05, 0.1) is 17.9 Å². The maximum Gasteiger partial charge on any atom is 0.243 e. The number of likely N-dealkylation sites (tertiary alicyclic amines) is 1. The van der Waals surface area contributed by atoms with Crippen molar-refractivity contribution in [2.24, 2.45) is 17.8 Å². The molecule has 1 aliphatic carbocycles. The van der Waals surface area contributed by atoms with Crippen molar-refractivity contribution in [2.75, 3.05) is 13.2 Å². The number of fused-ring (bicyclic) bond motifs is 1. The van der Waals surface area contributed by atoms with Gasteiger partial charge in [0.15, 0.2) is 0 Å². The second-order valence-electron chi connectivity index (χ2n) is 8.92. The summed E-state index contributed by atoms with van der Waals surface area (Å²) in [6, 6.07) is 9.25. The lowest BCUT2D eigenvalue weighted by atomic mass is 9.85. The molecule has 0 saturated carbocycles. The third-order valence-electron chi connectivity index (χ3n) is 6.11. The van der Waals surface area contributed by atoms with Gasteiger partial charge in [-0.15, -0.1) is 0 Å². The van der Waals surface area contributed by atoms with Crippen LogP contribution >= 0.6 is 0 Å². The van der Waals surface area contributed by atoms with Gasteiger partial charge in [0.1, 0.15) is 6.04 Å². The van der Waals surface area contributed by atoms with Gasteiger partial charge in [-0.1, -0.05) is 56.3 Å². The lowest BCUT2D eigenvalue weighted by molar-refractivity contribution is -0.148. The Hall–Kier alpha value is -2.47. The molecule has 2 aliphatic rings. The highest BCUT2D eigenvalue weighted by Crippen LogP contribution is 2.37. The van der Waals surface area contributed by atoms with E-state index < -0.39 is 6.04 Å². The van der Waals surface area contributed by atoms with E-state index in [9.17, 15) is 14.4 Å². The van der Waals surface area contributed by atoms with Crippen LogP contribution in [0.2, 0.25) is 0 Å². The van der Waals surface area contributed by atoms with Crippen molar-refractivity contribution in [2.45, 2.75) is 58.6 Å². The molecular weight excluding hydrogens is 392 g/mol. The molecule has 1 heterocycles. The maximum absolute atomic E-state index is 13.0. The second kappa shape index (κ2) is 10.7. The zero-order valence-electron chi connectivity index (χ0n) is 18.8. The monoisotopic (exact) mass is 426 g/mol. The molecule has 0 bridgehead atoms. The Morgan fingerprint density at radius 1 is 1.06 bits per heavy atom. The van der Waals surface area contributed by atoms with Gasteiger partial charge >= 0.3 is 0 Å². The average molecular weight is 427 g/mol. The molecule has 1 N–H and O–H groups in total. The summed E-state index contributed by atoms with van der Waals surface area (Å²) in [7, 11) is 0. The zero-order valence-corrected chi connectivity index (χ0v) is 18.8. The van der Waals surface area contributed by atoms with E-state index in [1.165, 1.54) is 4.90 Å². The molecule has 1 aromatic rings. The lowest BCUT2D eigenvalue weighted by Crippen LogP contribution is -2.50. The Balaban J connectivity index is 1.52. The van der Waals surface area contributed by atoms with Gasteiger partial charge in [-0.2, -0.15) is 0 Å². The smallest absolute Gasteiger partial charge is 0.243 e. The van der Waals surface area contributed by atoms with Crippen molar-refractivity contribution in [3.05, 3.63) is 48.0 Å². The number of nitrogens with one attached hydrogen (secondary N) is 1. The Bertz CT molecular complexity index is 779. The van der Waals surface area contributed by atoms with Crippen molar-refractivity contribution in [1.29, 1.82) is 0 Å². The van der Waals surface area contributed by atoms with E-state index in [0.29, 0.717) is 38.8 Å². The van der Waals surface area contributed by atoms with Crippen LogP contribution in [-0.2, 0) is 19.1 Å². The molecule has 0 radical (unpaired) electrons. The molecule has 3 amide bonds. The second-order valence-corrected chi connectivity index (χ2v) is 8.92. The third kappa shape index (κ3) is 5.62. The van der Waals surface area contributed by atoms with E-state index in [1.54, 1.807) is 0 Å². The van der Waals surface area contributed by atoms with Crippen LogP contribution in [0.4, 0.5) is 0 Å². The van der Waals surface area contributed by atoms with Gasteiger partial charge in [0.25, 0.3) is 0 Å². The number of ether oxygens (including phenoxy) is 1. The summed E-state index contributed by atoms with van der Waals surface area (Å²) in [5.74, 6) is -1.08. The van der Waals surface area contributed by atoms with Crippen LogP contribution in [0.15, 0.2) is 42.5 Å². The molecule has 168 valence electrons. The zero-order chi connectivity index (χ0) is 22.4. The van der Waals surface area contributed by atoms with Crippen LogP contribution in [0.5, 0.6) is 0 Å². The van der Waals surface area contributed by atoms with Gasteiger partial charge in [-0.25, -0.2) is 0 Å². The first-order valence-corrected chi connectivity index (χ1v) is 11.4. The highest BCUT2D eigenvalue weighted by molar-refractivity contribution is 6.08. The van der Waals surface area contributed by atoms with Crippen molar-refractivity contribution in [3.63, 3.8) is 0 Å². The van der Waals surface area contributed by atoms with Crippen LogP contribution in [0.3, 0.4) is 0 Å². The topological polar surface area (TPSA) is 75.7 Å². The minimum atomic E-state index is -0.741. The predicted molar refractivity (Wildman–Crippen MR) is 119 cm³/mol. The van der Waals surface area contributed by atoms with Crippen LogP contribution in [0.1, 0.15) is 58.1 Å². The summed E-state index contributed by atoms with van der Waals surface area (Å²) in [4.78, 5) is 40.1. The SMILES string of the molecule is CC(C)CC(C(=O)NCCCOC(C)c1ccccc1)N1C(=O)C2CC=CCC2C1=O. The third-order valence-corrected chi connectivity index (χ3v) is 6.11. The molecule has 0 aromatic heterocycles. The number of allylic oxidation sites excluding steroid dienone is 2. The summed E-state index contributed by atoms with van der Waals surface area (Å²) in [5, 5.41) is 2.92. The predicted octanol–water partition coefficient (Wildman–Crippen LogP) is 3.64. The van der Waals surface area contributed by atoms with Gasteiger partial charge in [-0.05, 0) is 44.1 Å². The van der Waals surface area contributed by atoms with E-state index in [-0.39, 0.29) is 41.6 Å². The number of carbonyl (C=O) groups excluding carboxylic acids is 3. The molecule has 31 heavy (non-hydrogen) atoms. The number of rotatable bonds is 10. The first-order valence-electron chi connectivity index (χ1n) is 11.4. The summed E-state index contributed by atoms with van der Waals surface area (Å²) >= 11 is 0. The maximum atomic E-state index is 13.0. The van der Waals surface area contributed by atoms with Gasteiger partial charge in [0.2, 0.25) is 17.7 Å². The van der Waals surface area contributed by atoms with Gasteiger partial charge < -0.3 is 10.1 Å². The number of nitrogens with zero attached hydrogens (tertiary/aromatic N) is 1. The molecule has 3 rings (SSSR count). The Kier molecular flexibility index (Phi) is 8.02. The van der Waals surface area contributed by atoms with E-state index >= 15 is 0 Å². The van der Waals surface area contributed by atoms with Crippen LogP contribution in [0, 0.1) is 17.8 Å². The van der Waals surface area contributed by atoms with Crippen molar-refractivity contribution >= 4 is 17.7 Å². The number of amides is 3. The average Bonchev–Trinajstić information content (AvgIpc) is 3.02. The lowest BCUT2D eigenvalue weighted by Gasteiger charge is -2.27. The summed E-state index contributed by atoms with van der Waals surface area (Å²) < 4.78 is 5.86. The number of imide groups is 1. The highest BCUT2D eigenvalue weighted by Gasteiger charge is 2.51. The summed E-state index contributed by atoms with van der Waals surface area (Å²) in [5.41, 5.74) is 1.12. The summed E-state index contributed by atoms with van der Waals surface area (Å²) in [6.07, 6.45) is 6.21. The molecule has 4 atom stereocenters.